The highest BCUT2D eigenvalue weighted by atomic mass is 35.5. The van der Waals surface area contributed by atoms with Crippen LogP contribution in [-0.2, 0) is 25.7 Å². The van der Waals surface area contributed by atoms with E-state index in [9.17, 15) is 14.4 Å². The Morgan fingerprint density at radius 3 is 2.44 bits per heavy atom. The maximum absolute atomic E-state index is 13.4. The summed E-state index contributed by atoms with van der Waals surface area (Å²) in [7, 11) is 0. The Bertz CT molecular complexity index is 1010. The van der Waals surface area contributed by atoms with Crippen LogP contribution >= 0.6 is 11.6 Å². The number of anilines is 1. The van der Waals surface area contributed by atoms with Crippen LogP contribution in [0.15, 0.2) is 54.6 Å². The molecule has 3 amide bonds. The van der Waals surface area contributed by atoms with Crippen molar-refractivity contribution in [2.75, 3.05) is 24.7 Å². The van der Waals surface area contributed by atoms with Crippen molar-refractivity contribution in [1.82, 2.24) is 10.6 Å². The van der Waals surface area contributed by atoms with E-state index in [2.05, 4.69) is 16.6 Å². The number of carbonyl (C=O) groups is 3. The van der Waals surface area contributed by atoms with E-state index in [0.29, 0.717) is 17.3 Å². The Kier molecular flexibility index (Phi) is 7.87. The molecule has 2 aromatic carbocycles. The number of nitrogens with one attached hydrogen (secondary N) is 2. The van der Waals surface area contributed by atoms with Crippen molar-refractivity contribution in [3.63, 3.8) is 0 Å². The van der Waals surface area contributed by atoms with E-state index in [0.717, 1.165) is 5.56 Å². The first-order chi connectivity index (χ1) is 15.5. The van der Waals surface area contributed by atoms with Crippen molar-refractivity contribution in [2.45, 2.75) is 24.9 Å². The van der Waals surface area contributed by atoms with Crippen LogP contribution in [0.2, 0.25) is 5.02 Å². The maximum atomic E-state index is 13.4. The molecule has 0 radical (unpaired) electrons. The second-order valence-corrected chi connectivity index (χ2v) is 7.79. The number of carbonyl (C=O) groups excluding carboxylic acids is 3. The molecule has 1 fully saturated rings. The van der Waals surface area contributed by atoms with E-state index >= 15 is 0 Å². The number of ether oxygens (including phenoxy) is 1. The zero-order valence-corrected chi connectivity index (χ0v) is 18.2. The first-order valence-corrected chi connectivity index (χ1v) is 10.6. The van der Waals surface area contributed by atoms with E-state index in [4.69, 9.17) is 22.8 Å². The van der Waals surface area contributed by atoms with Crippen molar-refractivity contribution < 1.29 is 19.1 Å². The minimum Gasteiger partial charge on any atom is -0.381 e. The Hall–Kier alpha value is -3.34. The third kappa shape index (κ3) is 5.47. The molecular formula is C24H24ClN3O4. The molecule has 7 nitrogen and oxygen atoms in total. The molecule has 0 unspecified atom stereocenters. The van der Waals surface area contributed by atoms with Crippen LogP contribution in [0.5, 0.6) is 0 Å². The zero-order valence-electron chi connectivity index (χ0n) is 17.5. The van der Waals surface area contributed by atoms with Gasteiger partial charge in [-0.05, 0) is 29.7 Å². The van der Waals surface area contributed by atoms with E-state index in [-0.39, 0.29) is 38.5 Å². The predicted octanol–water partition coefficient (Wildman–Crippen LogP) is 2.29. The second-order valence-electron chi connectivity index (χ2n) is 7.35. The van der Waals surface area contributed by atoms with Crippen molar-refractivity contribution in [1.29, 1.82) is 0 Å². The van der Waals surface area contributed by atoms with Gasteiger partial charge in [0.25, 0.3) is 0 Å². The standard InChI is InChI=1S/C24H24ClN3O4/c1-2-22(30)28(20-10-6-9-19(25)15-20)24(11-13-32-14-12-24)23(31)27-17-21(29)26-16-18-7-4-3-5-8-18/h1,3-10,15H,11-14,16-17H2,(H,26,29)(H,27,31). The highest BCUT2D eigenvalue weighted by Crippen LogP contribution is 2.34. The first kappa shape index (κ1) is 23.3. The van der Waals surface area contributed by atoms with Crippen LogP contribution in [0.1, 0.15) is 18.4 Å². The van der Waals surface area contributed by atoms with Crippen LogP contribution in [-0.4, -0.2) is 43.0 Å². The Balaban J connectivity index is 1.77. The highest BCUT2D eigenvalue weighted by Gasteiger charge is 2.48. The van der Waals surface area contributed by atoms with Gasteiger partial charge in [-0.25, -0.2) is 0 Å². The quantitative estimate of drug-likeness (QED) is 0.630. The molecule has 1 saturated heterocycles. The van der Waals surface area contributed by atoms with Crippen LogP contribution < -0.4 is 15.5 Å². The average Bonchev–Trinajstić information content (AvgIpc) is 2.82. The van der Waals surface area contributed by atoms with Crippen LogP contribution in [0.3, 0.4) is 0 Å². The van der Waals surface area contributed by atoms with Crippen molar-refractivity contribution in [3.05, 3.63) is 65.2 Å². The topological polar surface area (TPSA) is 87.7 Å². The third-order valence-electron chi connectivity index (χ3n) is 5.31. The maximum Gasteiger partial charge on any atom is 0.303 e. The average molecular weight is 454 g/mol. The minimum atomic E-state index is -1.30. The molecule has 1 heterocycles. The number of benzene rings is 2. The number of hydrogen-bond acceptors (Lipinski definition) is 4. The van der Waals surface area contributed by atoms with Gasteiger partial charge in [-0.2, -0.15) is 0 Å². The van der Waals surface area contributed by atoms with E-state index in [1.165, 1.54) is 4.90 Å². The first-order valence-electron chi connectivity index (χ1n) is 10.2. The van der Waals surface area contributed by atoms with Crippen molar-refractivity contribution in [3.8, 4) is 12.3 Å². The summed E-state index contributed by atoms with van der Waals surface area (Å²) in [6.45, 7) is 0.645. The molecule has 0 spiro atoms. The van der Waals surface area contributed by atoms with E-state index < -0.39 is 17.4 Å². The molecule has 0 aliphatic carbocycles. The molecule has 2 aromatic rings. The molecular weight excluding hydrogens is 430 g/mol. The van der Waals surface area contributed by atoms with Gasteiger partial charge in [-0.1, -0.05) is 48.0 Å². The molecule has 0 atom stereocenters. The lowest BCUT2D eigenvalue weighted by Crippen LogP contribution is -2.64. The van der Waals surface area contributed by atoms with Gasteiger partial charge in [-0.3, -0.25) is 19.3 Å². The summed E-state index contributed by atoms with van der Waals surface area (Å²) in [5.74, 6) is 0.620. The number of halogens is 1. The highest BCUT2D eigenvalue weighted by molar-refractivity contribution is 6.31. The fourth-order valence-electron chi connectivity index (χ4n) is 3.68. The van der Waals surface area contributed by atoms with Gasteiger partial charge in [0.05, 0.1) is 6.54 Å². The normalized spacial score (nSPS) is 14.6. The second kappa shape index (κ2) is 10.8. The number of rotatable bonds is 7. The molecule has 0 aromatic heterocycles. The summed E-state index contributed by atoms with van der Waals surface area (Å²) >= 11 is 6.12. The van der Waals surface area contributed by atoms with E-state index in [1.54, 1.807) is 24.3 Å². The molecule has 0 bridgehead atoms. The summed E-state index contributed by atoms with van der Waals surface area (Å²) in [6, 6.07) is 16.0. The number of nitrogens with zero attached hydrogens (tertiary/aromatic N) is 1. The molecule has 166 valence electrons. The molecule has 2 N–H and O–H groups in total. The van der Waals surface area contributed by atoms with E-state index in [1.807, 2.05) is 30.3 Å². The minimum absolute atomic E-state index is 0.227. The summed E-state index contributed by atoms with van der Waals surface area (Å²) in [5.41, 5.74) is 0.0531. The predicted molar refractivity (Wildman–Crippen MR) is 122 cm³/mol. The molecule has 1 aliphatic rings. The third-order valence-corrected chi connectivity index (χ3v) is 5.54. The number of amides is 3. The van der Waals surface area contributed by atoms with Gasteiger partial charge in [0.15, 0.2) is 0 Å². The Morgan fingerprint density at radius 2 is 1.78 bits per heavy atom. The number of hydrogen-bond donors (Lipinski definition) is 2. The van der Waals surface area contributed by atoms with Gasteiger partial charge in [0.1, 0.15) is 5.54 Å². The fraction of sp³-hybridized carbons (Fsp3) is 0.292. The summed E-state index contributed by atoms with van der Waals surface area (Å²) in [5, 5.41) is 5.84. The van der Waals surface area contributed by atoms with Gasteiger partial charge in [0, 0.05) is 43.3 Å². The molecule has 8 heteroatoms. The van der Waals surface area contributed by atoms with Crippen LogP contribution in [0.25, 0.3) is 0 Å². The molecule has 32 heavy (non-hydrogen) atoms. The summed E-state index contributed by atoms with van der Waals surface area (Å²) in [6.07, 6.45) is 5.88. The lowest BCUT2D eigenvalue weighted by molar-refractivity contribution is -0.134. The van der Waals surface area contributed by atoms with Gasteiger partial charge >= 0.3 is 5.91 Å². The Labute approximate surface area is 192 Å². The smallest absolute Gasteiger partial charge is 0.303 e. The van der Waals surface area contributed by atoms with Gasteiger partial charge in [0.2, 0.25) is 11.8 Å². The van der Waals surface area contributed by atoms with Crippen LogP contribution in [0.4, 0.5) is 5.69 Å². The summed E-state index contributed by atoms with van der Waals surface area (Å²) < 4.78 is 5.44. The Morgan fingerprint density at radius 1 is 1.06 bits per heavy atom. The number of terminal acetylenes is 1. The lowest BCUT2D eigenvalue weighted by Gasteiger charge is -2.43. The fourth-order valence-corrected chi connectivity index (χ4v) is 3.87. The molecule has 0 saturated carbocycles. The monoisotopic (exact) mass is 453 g/mol. The van der Waals surface area contributed by atoms with Crippen molar-refractivity contribution >= 4 is 35.0 Å². The van der Waals surface area contributed by atoms with Crippen molar-refractivity contribution in [2.24, 2.45) is 0 Å². The van der Waals surface area contributed by atoms with Gasteiger partial charge < -0.3 is 15.4 Å². The van der Waals surface area contributed by atoms with Gasteiger partial charge in [-0.15, -0.1) is 6.42 Å². The zero-order chi connectivity index (χ0) is 23.0. The largest absolute Gasteiger partial charge is 0.381 e. The molecule has 3 rings (SSSR count). The summed E-state index contributed by atoms with van der Waals surface area (Å²) in [4.78, 5) is 39.7. The lowest BCUT2D eigenvalue weighted by atomic mass is 9.86. The van der Waals surface area contributed by atoms with Crippen LogP contribution in [0, 0.1) is 12.3 Å². The SMILES string of the molecule is C#CC(=O)N(c1cccc(Cl)c1)C1(C(=O)NCC(=O)NCc2ccccc2)CCOCC1. The molecule has 1 aliphatic heterocycles.